The summed E-state index contributed by atoms with van der Waals surface area (Å²) in [6.07, 6.45) is 2.59. The van der Waals surface area contributed by atoms with E-state index in [2.05, 4.69) is 5.32 Å². The quantitative estimate of drug-likeness (QED) is 0.675. The Labute approximate surface area is 112 Å². The predicted octanol–water partition coefficient (Wildman–Crippen LogP) is 3.28. The summed E-state index contributed by atoms with van der Waals surface area (Å²) in [5.74, 6) is -0.881. The number of hydrogen-bond donors (Lipinski definition) is 2. The van der Waals surface area contributed by atoms with E-state index in [4.69, 9.17) is 9.84 Å². The first-order valence-electron chi connectivity index (χ1n) is 6.51. The molecule has 0 atom stereocenters. The Morgan fingerprint density at radius 2 is 2.16 bits per heavy atom. The Morgan fingerprint density at radius 1 is 1.37 bits per heavy atom. The molecular formula is C14H20FNO3. The molecule has 106 valence electrons. The van der Waals surface area contributed by atoms with E-state index in [-0.39, 0.29) is 18.0 Å². The van der Waals surface area contributed by atoms with Crippen LogP contribution in [-0.4, -0.2) is 24.2 Å². The Kier molecular flexibility index (Phi) is 6.71. The van der Waals surface area contributed by atoms with Crippen LogP contribution in [0.3, 0.4) is 0 Å². The first kappa shape index (κ1) is 15.3. The highest BCUT2D eigenvalue weighted by molar-refractivity contribution is 5.66. The van der Waals surface area contributed by atoms with E-state index in [1.807, 2.05) is 6.92 Å². The number of carbonyl (C=O) groups is 1. The van der Waals surface area contributed by atoms with Gasteiger partial charge in [-0.1, -0.05) is 6.42 Å². The molecule has 0 amide bonds. The second kappa shape index (κ2) is 8.34. The van der Waals surface area contributed by atoms with Crippen molar-refractivity contribution in [2.45, 2.75) is 32.6 Å². The van der Waals surface area contributed by atoms with Crippen LogP contribution in [0.2, 0.25) is 0 Å². The Bertz CT molecular complexity index is 410. The fourth-order valence-corrected chi connectivity index (χ4v) is 1.69. The molecule has 0 unspecified atom stereocenters. The summed E-state index contributed by atoms with van der Waals surface area (Å²) in [7, 11) is 0. The zero-order valence-corrected chi connectivity index (χ0v) is 11.1. The SMILES string of the molecule is CCOc1ccc(NCCCCCC(=O)O)cc1F. The Hall–Kier alpha value is -1.78. The predicted molar refractivity (Wildman–Crippen MR) is 72.2 cm³/mol. The van der Waals surface area contributed by atoms with E-state index in [0.717, 1.165) is 12.8 Å². The van der Waals surface area contributed by atoms with Gasteiger partial charge in [0.05, 0.1) is 6.61 Å². The van der Waals surface area contributed by atoms with Gasteiger partial charge in [-0.25, -0.2) is 4.39 Å². The molecule has 1 rings (SSSR count). The van der Waals surface area contributed by atoms with Crippen LogP contribution in [0.5, 0.6) is 5.75 Å². The van der Waals surface area contributed by atoms with Gasteiger partial charge in [0.1, 0.15) is 0 Å². The Balaban J connectivity index is 2.26. The van der Waals surface area contributed by atoms with Gasteiger partial charge in [0.25, 0.3) is 0 Å². The maximum atomic E-state index is 13.5. The number of nitrogens with one attached hydrogen (secondary N) is 1. The lowest BCUT2D eigenvalue weighted by atomic mass is 10.2. The van der Waals surface area contributed by atoms with Crippen molar-refractivity contribution in [3.8, 4) is 5.75 Å². The van der Waals surface area contributed by atoms with Crippen LogP contribution >= 0.6 is 0 Å². The average molecular weight is 269 g/mol. The summed E-state index contributed by atoms with van der Waals surface area (Å²) >= 11 is 0. The van der Waals surface area contributed by atoms with E-state index in [1.54, 1.807) is 12.1 Å². The van der Waals surface area contributed by atoms with Gasteiger partial charge in [0.2, 0.25) is 0 Å². The van der Waals surface area contributed by atoms with Gasteiger partial charge in [-0.05, 0) is 31.9 Å². The van der Waals surface area contributed by atoms with Gasteiger partial charge in [0.15, 0.2) is 11.6 Å². The van der Waals surface area contributed by atoms with Gasteiger partial charge in [-0.15, -0.1) is 0 Å². The van der Waals surface area contributed by atoms with Gasteiger partial charge in [-0.2, -0.15) is 0 Å². The largest absolute Gasteiger partial charge is 0.491 e. The number of rotatable bonds is 9. The number of ether oxygens (including phenoxy) is 1. The maximum Gasteiger partial charge on any atom is 0.303 e. The topological polar surface area (TPSA) is 58.6 Å². The second-order valence-corrected chi connectivity index (χ2v) is 4.21. The van der Waals surface area contributed by atoms with Crippen molar-refractivity contribution in [1.82, 2.24) is 0 Å². The third-order valence-corrected chi connectivity index (χ3v) is 2.63. The molecule has 0 fully saturated rings. The van der Waals surface area contributed by atoms with Crippen molar-refractivity contribution in [2.75, 3.05) is 18.5 Å². The van der Waals surface area contributed by atoms with Crippen molar-refractivity contribution in [1.29, 1.82) is 0 Å². The summed E-state index contributed by atoms with van der Waals surface area (Å²) in [4.78, 5) is 10.3. The number of benzene rings is 1. The lowest BCUT2D eigenvalue weighted by molar-refractivity contribution is -0.137. The minimum Gasteiger partial charge on any atom is -0.491 e. The van der Waals surface area contributed by atoms with Crippen LogP contribution in [0.4, 0.5) is 10.1 Å². The second-order valence-electron chi connectivity index (χ2n) is 4.21. The van der Waals surface area contributed by atoms with Crippen LogP contribution < -0.4 is 10.1 Å². The monoisotopic (exact) mass is 269 g/mol. The van der Waals surface area contributed by atoms with Crippen molar-refractivity contribution in [2.24, 2.45) is 0 Å². The smallest absolute Gasteiger partial charge is 0.303 e. The lowest BCUT2D eigenvalue weighted by Crippen LogP contribution is -2.03. The molecule has 4 nitrogen and oxygen atoms in total. The van der Waals surface area contributed by atoms with Crippen LogP contribution in [0.1, 0.15) is 32.6 Å². The highest BCUT2D eigenvalue weighted by atomic mass is 19.1. The van der Waals surface area contributed by atoms with Gasteiger partial charge < -0.3 is 15.2 Å². The summed E-state index contributed by atoms with van der Waals surface area (Å²) in [5.41, 5.74) is 0.708. The maximum absolute atomic E-state index is 13.5. The van der Waals surface area contributed by atoms with Gasteiger partial charge >= 0.3 is 5.97 Å². The number of halogens is 1. The zero-order valence-electron chi connectivity index (χ0n) is 11.1. The molecule has 0 saturated carbocycles. The van der Waals surface area contributed by atoms with E-state index < -0.39 is 5.97 Å². The van der Waals surface area contributed by atoms with Crippen LogP contribution in [0, 0.1) is 5.82 Å². The third-order valence-electron chi connectivity index (χ3n) is 2.63. The molecular weight excluding hydrogens is 249 g/mol. The highest BCUT2D eigenvalue weighted by Gasteiger charge is 2.03. The average Bonchev–Trinajstić information content (AvgIpc) is 2.36. The molecule has 19 heavy (non-hydrogen) atoms. The number of hydrogen-bond acceptors (Lipinski definition) is 3. The first-order valence-corrected chi connectivity index (χ1v) is 6.51. The summed E-state index contributed by atoms with van der Waals surface area (Å²) in [6, 6.07) is 4.78. The summed E-state index contributed by atoms with van der Waals surface area (Å²) in [6.45, 7) is 2.95. The fraction of sp³-hybridized carbons (Fsp3) is 0.500. The molecule has 0 aliphatic rings. The molecule has 0 bridgehead atoms. The lowest BCUT2D eigenvalue weighted by Gasteiger charge is -2.09. The number of anilines is 1. The molecule has 0 spiro atoms. The molecule has 0 aliphatic heterocycles. The third kappa shape index (κ3) is 6.08. The molecule has 2 N–H and O–H groups in total. The van der Waals surface area contributed by atoms with E-state index >= 15 is 0 Å². The molecule has 0 radical (unpaired) electrons. The molecule has 1 aromatic carbocycles. The first-order chi connectivity index (χ1) is 9.13. The number of aliphatic carboxylic acids is 1. The summed E-state index contributed by atoms with van der Waals surface area (Å²) in [5, 5.41) is 11.6. The van der Waals surface area contributed by atoms with E-state index in [1.165, 1.54) is 6.07 Å². The van der Waals surface area contributed by atoms with Crippen LogP contribution in [0.25, 0.3) is 0 Å². The van der Waals surface area contributed by atoms with Crippen molar-refractivity contribution in [3.05, 3.63) is 24.0 Å². The van der Waals surface area contributed by atoms with Gasteiger partial charge in [-0.3, -0.25) is 4.79 Å². The molecule has 1 aromatic rings. The van der Waals surface area contributed by atoms with Crippen molar-refractivity contribution >= 4 is 11.7 Å². The van der Waals surface area contributed by atoms with Crippen LogP contribution in [0.15, 0.2) is 18.2 Å². The van der Waals surface area contributed by atoms with Crippen LogP contribution in [-0.2, 0) is 4.79 Å². The zero-order chi connectivity index (χ0) is 14.1. The molecule has 0 heterocycles. The minimum atomic E-state index is -0.762. The van der Waals surface area contributed by atoms with E-state index in [0.29, 0.717) is 25.3 Å². The van der Waals surface area contributed by atoms with E-state index in [9.17, 15) is 9.18 Å². The van der Waals surface area contributed by atoms with Crippen molar-refractivity contribution < 1.29 is 19.0 Å². The highest BCUT2D eigenvalue weighted by Crippen LogP contribution is 2.21. The Morgan fingerprint density at radius 3 is 2.79 bits per heavy atom. The number of carboxylic acids is 1. The number of unbranched alkanes of at least 4 members (excludes halogenated alkanes) is 2. The van der Waals surface area contributed by atoms with Crippen molar-refractivity contribution in [3.63, 3.8) is 0 Å². The molecule has 0 aliphatic carbocycles. The normalized spacial score (nSPS) is 10.2. The minimum absolute atomic E-state index is 0.206. The molecule has 0 saturated heterocycles. The number of carboxylic acid groups (broad SMARTS) is 1. The summed E-state index contributed by atoms with van der Waals surface area (Å²) < 4.78 is 18.6. The fourth-order valence-electron chi connectivity index (χ4n) is 1.69. The molecule has 5 heteroatoms. The molecule has 0 aromatic heterocycles. The standard InChI is InChI=1S/C14H20FNO3/c1-2-19-13-8-7-11(10-12(13)15)16-9-5-3-4-6-14(17)18/h7-8,10,16H,2-6,9H2,1H3,(H,17,18). The van der Waals surface area contributed by atoms with Gasteiger partial charge in [0, 0.05) is 24.7 Å².